The largest absolute Gasteiger partial charge is 0.409 e. The van der Waals surface area contributed by atoms with Crippen LogP contribution in [0.15, 0.2) is 29.4 Å². The van der Waals surface area contributed by atoms with Crippen LogP contribution in [0.1, 0.15) is 25.8 Å². The molecule has 1 aliphatic heterocycles. The summed E-state index contributed by atoms with van der Waals surface area (Å²) in [6.07, 6.45) is 1.19. The number of rotatable bonds is 2. The Balaban J connectivity index is 2.39. The molecule has 0 aliphatic carbocycles. The zero-order chi connectivity index (χ0) is 12.4. The molecule has 1 heterocycles. The van der Waals surface area contributed by atoms with Gasteiger partial charge < -0.3 is 15.8 Å². The van der Waals surface area contributed by atoms with Gasteiger partial charge >= 0.3 is 0 Å². The fraction of sp³-hybridized carbons (Fsp3) is 0.462. The highest BCUT2D eigenvalue weighted by atomic mass is 16.4. The quantitative estimate of drug-likeness (QED) is 0.355. The van der Waals surface area contributed by atoms with Gasteiger partial charge in [0, 0.05) is 23.8 Å². The standard InChI is InChI=1S/C13H19N3O/c1-9-7-10(2)16(8-9)12-6-4-3-5-11(12)13(14)15-17/h3-6,9-10,17H,7-8H2,1-2H3,(H2,14,15). The summed E-state index contributed by atoms with van der Waals surface area (Å²) in [7, 11) is 0. The third kappa shape index (κ3) is 2.20. The first-order valence-electron chi connectivity index (χ1n) is 5.97. The SMILES string of the molecule is CC1CC(C)N(c2ccccc2/C(N)=N/O)C1. The van der Waals surface area contributed by atoms with Crippen LogP contribution in [0.5, 0.6) is 0 Å². The van der Waals surface area contributed by atoms with E-state index in [2.05, 4.69) is 23.9 Å². The van der Waals surface area contributed by atoms with Crippen LogP contribution in [0.2, 0.25) is 0 Å². The Morgan fingerprint density at radius 3 is 2.71 bits per heavy atom. The molecule has 1 aliphatic rings. The van der Waals surface area contributed by atoms with Crippen molar-refractivity contribution in [1.29, 1.82) is 0 Å². The van der Waals surface area contributed by atoms with Crippen molar-refractivity contribution in [1.82, 2.24) is 0 Å². The Labute approximate surface area is 102 Å². The first-order chi connectivity index (χ1) is 8.13. The highest BCUT2D eigenvalue weighted by molar-refractivity contribution is 6.02. The van der Waals surface area contributed by atoms with E-state index in [0.717, 1.165) is 17.8 Å². The number of nitrogens with zero attached hydrogens (tertiary/aromatic N) is 2. The second-order valence-electron chi connectivity index (χ2n) is 4.84. The molecule has 0 bridgehead atoms. The summed E-state index contributed by atoms with van der Waals surface area (Å²) in [5, 5.41) is 11.9. The van der Waals surface area contributed by atoms with Crippen molar-refractivity contribution in [2.75, 3.05) is 11.4 Å². The Hall–Kier alpha value is -1.71. The molecule has 0 amide bonds. The van der Waals surface area contributed by atoms with Crippen LogP contribution in [0.4, 0.5) is 5.69 Å². The van der Waals surface area contributed by atoms with Crippen molar-refractivity contribution in [3.8, 4) is 0 Å². The van der Waals surface area contributed by atoms with Crippen LogP contribution in [0.25, 0.3) is 0 Å². The number of oxime groups is 1. The van der Waals surface area contributed by atoms with E-state index in [0.29, 0.717) is 12.0 Å². The lowest BCUT2D eigenvalue weighted by Gasteiger charge is -2.26. The fourth-order valence-electron chi connectivity index (χ4n) is 2.63. The normalized spacial score (nSPS) is 25.3. The molecule has 2 atom stereocenters. The van der Waals surface area contributed by atoms with E-state index in [1.165, 1.54) is 6.42 Å². The number of para-hydroxylation sites is 1. The van der Waals surface area contributed by atoms with Crippen molar-refractivity contribution in [2.45, 2.75) is 26.3 Å². The van der Waals surface area contributed by atoms with Gasteiger partial charge in [0.15, 0.2) is 5.84 Å². The molecule has 1 aromatic rings. The number of anilines is 1. The summed E-state index contributed by atoms with van der Waals surface area (Å²) in [5.74, 6) is 0.859. The van der Waals surface area contributed by atoms with Gasteiger partial charge in [0.25, 0.3) is 0 Å². The predicted octanol–water partition coefficient (Wildman–Crippen LogP) is 2.02. The minimum Gasteiger partial charge on any atom is -0.409 e. The maximum atomic E-state index is 8.82. The number of nitrogens with two attached hydrogens (primary N) is 1. The first kappa shape index (κ1) is 11.8. The molecular weight excluding hydrogens is 214 g/mol. The molecule has 4 heteroatoms. The van der Waals surface area contributed by atoms with Crippen molar-refractivity contribution >= 4 is 11.5 Å². The van der Waals surface area contributed by atoms with Crippen LogP contribution >= 0.6 is 0 Å². The monoisotopic (exact) mass is 233 g/mol. The molecule has 0 radical (unpaired) electrons. The lowest BCUT2D eigenvalue weighted by Crippen LogP contribution is -2.29. The summed E-state index contributed by atoms with van der Waals surface area (Å²) in [4.78, 5) is 2.33. The van der Waals surface area contributed by atoms with Gasteiger partial charge in [-0.05, 0) is 31.4 Å². The van der Waals surface area contributed by atoms with Gasteiger partial charge in [0.2, 0.25) is 0 Å². The average Bonchev–Trinajstić information content (AvgIpc) is 2.67. The summed E-state index contributed by atoms with van der Waals surface area (Å²) in [6.45, 7) is 5.49. The number of hydrogen-bond acceptors (Lipinski definition) is 3. The lowest BCUT2D eigenvalue weighted by molar-refractivity contribution is 0.318. The molecule has 2 rings (SSSR count). The minimum absolute atomic E-state index is 0.173. The third-order valence-corrected chi connectivity index (χ3v) is 3.38. The van der Waals surface area contributed by atoms with Gasteiger partial charge in [-0.15, -0.1) is 0 Å². The highest BCUT2D eigenvalue weighted by Gasteiger charge is 2.28. The molecule has 1 fully saturated rings. The summed E-state index contributed by atoms with van der Waals surface area (Å²) in [6, 6.07) is 8.31. The van der Waals surface area contributed by atoms with Crippen molar-refractivity contribution < 1.29 is 5.21 Å². The van der Waals surface area contributed by atoms with E-state index >= 15 is 0 Å². The summed E-state index contributed by atoms with van der Waals surface area (Å²) in [5.41, 5.74) is 7.57. The molecule has 2 unspecified atom stereocenters. The van der Waals surface area contributed by atoms with Gasteiger partial charge in [0.1, 0.15) is 0 Å². The number of amidine groups is 1. The molecule has 0 aromatic heterocycles. The molecule has 0 saturated carbocycles. The highest BCUT2D eigenvalue weighted by Crippen LogP contribution is 2.30. The lowest BCUT2D eigenvalue weighted by atomic mass is 10.1. The summed E-state index contributed by atoms with van der Waals surface area (Å²) < 4.78 is 0. The van der Waals surface area contributed by atoms with Gasteiger partial charge in [-0.2, -0.15) is 0 Å². The molecular formula is C13H19N3O. The topological polar surface area (TPSA) is 61.8 Å². The molecule has 1 aromatic carbocycles. The Bertz CT molecular complexity index is 430. The Kier molecular flexibility index (Phi) is 3.22. The first-order valence-corrected chi connectivity index (χ1v) is 5.97. The Morgan fingerprint density at radius 1 is 1.41 bits per heavy atom. The smallest absolute Gasteiger partial charge is 0.172 e. The maximum absolute atomic E-state index is 8.82. The van der Waals surface area contributed by atoms with E-state index in [9.17, 15) is 0 Å². The van der Waals surface area contributed by atoms with Gasteiger partial charge in [-0.25, -0.2) is 0 Å². The van der Waals surface area contributed by atoms with Crippen molar-refractivity contribution in [3.63, 3.8) is 0 Å². The second-order valence-corrected chi connectivity index (χ2v) is 4.84. The molecule has 3 N–H and O–H groups in total. The molecule has 0 spiro atoms. The molecule has 4 nitrogen and oxygen atoms in total. The van der Waals surface area contributed by atoms with E-state index in [1.807, 2.05) is 24.3 Å². The fourth-order valence-corrected chi connectivity index (χ4v) is 2.63. The Morgan fingerprint density at radius 2 is 2.12 bits per heavy atom. The third-order valence-electron chi connectivity index (χ3n) is 3.38. The van der Waals surface area contributed by atoms with Crippen LogP contribution < -0.4 is 10.6 Å². The number of hydrogen-bond donors (Lipinski definition) is 2. The molecule has 92 valence electrons. The molecule has 17 heavy (non-hydrogen) atoms. The van der Waals surface area contributed by atoms with Crippen molar-refractivity contribution in [2.24, 2.45) is 16.8 Å². The van der Waals surface area contributed by atoms with E-state index in [1.54, 1.807) is 0 Å². The predicted molar refractivity (Wildman–Crippen MR) is 69.5 cm³/mol. The van der Waals surface area contributed by atoms with Crippen LogP contribution in [0.3, 0.4) is 0 Å². The summed E-state index contributed by atoms with van der Waals surface area (Å²) >= 11 is 0. The van der Waals surface area contributed by atoms with Gasteiger partial charge in [-0.1, -0.05) is 24.2 Å². The second kappa shape index (κ2) is 4.65. The zero-order valence-corrected chi connectivity index (χ0v) is 10.3. The van der Waals surface area contributed by atoms with Crippen molar-refractivity contribution in [3.05, 3.63) is 29.8 Å². The minimum atomic E-state index is 0.173. The van der Waals surface area contributed by atoms with Crippen LogP contribution in [-0.2, 0) is 0 Å². The zero-order valence-electron chi connectivity index (χ0n) is 10.3. The maximum Gasteiger partial charge on any atom is 0.172 e. The van der Waals surface area contributed by atoms with Crippen LogP contribution in [-0.4, -0.2) is 23.6 Å². The van der Waals surface area contributed by atoms with Crippen LogP contribution in [0, 0.1) is 5.92 Å². The molecule has 1 saturated heterocycles. The number of benzene rings is 1. The van der Waals surface area contributed by atoms with E-state index < -0.39 is 0 Å². The van der Waals surface area contributed by atoms with Gasteiger partial charge in [0.05, 0.1) is 0 Å². The average molecular weight is 233 g/mol. The van der Waals surface area contributed by atoms with Gasteiger partial charge in [-0.3, -0.25) is 0 Å². The van der Waals surface area contributed by atoms with E-state index in [-0.39, 0.29) is 5.84 Å². The van der Waals surface area contributed by atoms with E-state index in [4.69, 9.17) is 10.9 Å².